The maximum atomic E-state index is 12.1. The van der Waals surface area contributed by atoms with Gasteiger partial charge in [0.05, 0.1) is 5.69 Å². The molecule has 2 rings (SSSR count). The number of aryl methyl sites for hydroxylation is 1. The van der Waals surface area contributed by atoms with Crippen LogP contribution < -0.4 is 9.92 Å². The molecule has 2 aromatic carbocycles. The summed E-state index contributed by atoms with van der Waals surface area (Å²) < 4.78 is 29.1. The number of nitrogens with two attached hydrogens (primary N) is 1. The minimum absolute atomic E-state index is 0.0214. The molecule has 2 aromatic rings. The van der Waals surface area contributed by atoms with Gasteiger partial charge in [-0.05, 0) is 31.2 Å². The monoisotopic (exact) mass is 297 g/mol. The Morgan fingerprint density at radius 3 is 2.37 bits per heavy atom. The molecule has 0 amide bonds. The van der Waals surface area contributed by atoms with Crippen molar-refractivity contribution in [2.75, 3.05) is 5.73 Å². The predicted octanol–water partition coefficient (Wildman–Crippen LogP) is 3.00. The Bertz CT molecular complexity index is 696. The summed E-state index contributed by atoms with van der Waals surface area (Å²) in [6.45, 7) is 1.87. The van der Waals surface area contributed by atoms with Crippen LogP contribution in [0.15, 0.2) is 47.4 Å². The molecule has 0 spiro atoms. The molecule has 4 nitrogen and oxygen atoms in total. The van der Waals surface area contributed by atoms with Crippen LogP contribution in [0.4, 0.5) is 5.69 Å². The van der Waals surface area contributed by atoms with E-state index in [9.17, 15) is 8.42 Å². The van der Waals surface area contributed by atoms with E-state index in [1.807, 2.05) is 6.92 Å². The summed E-state index contributed by atoms with van der Waals surface area (Å²) in [6, 6.07) is 10.7. The van der Waals surface area contributed by atoms with Crippen LogP contribution >= 0.6 is 11.6 Å². The third-order valence-corrected chi connectivity index (χ3v) is 3.97. The molecule has 0 aliphatic heterocycles. The lowest BCUT2D eigenvalue weighted by Crippen LogP contribution is -2.10. The number of benzene rings is 2. The Balaban J connectivity index is 2.36. The first-order valence-electron chi connectivity index (χ1n) is 5.45. The summed E-state index contributed by atoms with van der Waals surface area (Å²) in [5.74, 6) is 0.0214. The van der Waals surface area contributed by atoms with Crippen molar-refractivity contribution in [1.29, 1.82) is 0 Å². The number of halogens is 1. The highest BCUT2D eigenvalue weighted by molar-refractivity contribution is 7.87. The molecule has 0 bridgehead atoms. The molecule has 0 radical (unpaired) electrons. The van der Waals surface area contributed by atoms with Gasteiger partial charge in [-0.25, -0.2) is 0 Å². The molecule has 0 unspecified atom stereocenters. The van der Waals surface area contributed by atoms with E-state index >= 15 is 0 Å². The van der Waals surface area contributed by atoms with Crippen molar-refractivity contribution in [1.82, 2.24) is 0 Å². The molecule has 19 heavy (non-hydrogen) atoms. The summed E-state index contributed by atoms with van der Waals surface area (Å²) in [5.41, 5.74) is 6.82. The molecular formula is C13H12ClNO3S. The van der Waals surface area contributed by atoms with E-state index < -0.39 is 10.1 Å². The van der Waals surface area contributed by atoms with Crippen molar-refractivity contribution >= 4 is 27.4 Å². The van der Waals surface area contributed by atoms with Crippen LogP contribution in [0.25, 0.3) is 0 Å². The van der Waals surface area contributed by atoms with Crippen LogP contribution in [0, 0.1) is 6.92 Å². The van der Waals surface area contributed by atoms with E-state index in [1.165, 1.54) is 24.3 Å². The predicted molar refractivity (Wildman–Crippen MR) is 74.9 cm³/mol. The molecule has 2 N–H and O–H groups in total. The quantitative estimate of drug-likeness (QED) is 0.698. The Hall–Kier alpha value is -1.72. The molecule has 0 atom stereocenters. The van der Waals surface area contributed by atoms with Gasteiger partial charge in [0.25, 0.3) is 0 Å². The topological polar surface area (TPSA) is 69.4 Å². The first-order chi connectivity index (χ1) is 8.88. The number of nitrogen functional groups attached to an aromatic ring is 1. The van der Waals surface area contributed by atoms with Crippen molar-refractivity contribution in [3.05, 3.63) is 53.1 Å². The van der Waals surface area contributed by atoms with Gasteiger partial charge in [0, 0.05) is 11.1 Å². The molecule has 0 fully saturated rings. The van der Waals surface area contributed by atoms with E-state index in [1.54, 1.807) is 18.2 Å². The summed E-state index contributed by atoms with van der Waals surface area (Å²) in [6.07, 6.45) is 0. The van der Waals surface area contributed by atoms with Crippen molar-refractivity contribution in [2.24, 2.45) is 0 Å². The SMILES string of the molecule is Cc1ccc(S(=O)(=O)Oc2cc(Cl)ccc2N)cc1. The highest BCUT2D eigenvalue weighted by Crippen LogP contribution is 2.28. The largest absolute Gasteiger partial charge is 0.396 e. The Morgan fingerprint density at radius 1 is 1.11 bits per heavy atom. The van der Waals surface area contributed by atoms with E-state index in [2.05, 4.69) is 0 Å². The smallest absolute Gasteiger partial charge is 0.339 e. The molecular weight excluding hydrogens is 286 g/mol. The van der Waals surface area contributed by atoms with E-state index in [0.29, 0.717) is 5.02 Å². The zero-order valence-corrected chi connectivity index (χ0v) is 11.7. The second kappa shape index (κ2) is 5.11. The minimum atomic E-state index is -3.91. The van der Waals surface area contributed by atoms with Crippen LogP contribution in [0.3, 0.4) is 0 Å². The average Bonchev–Trinajstić information content (AvgIpc) is 2.34. The number of hydrogen-bond donors (Lipinski definition) is 1. The van der Waals surface area contributed by atoms with E-state index in [4.69, 9.17) is 21.5 Å². The highest BCUT2D eigenvalue weighted by atomic mass is 35.5. The molecule has 6 heteroatoms. The lowest BCUT2D eigenvalue weighted by atomic mass is 10.2. The van der Waals surface area contributed by atoms with Crippen LogP contribution in [0.1, 0.15) is 5.56 Å². The zero-order chi connectivity index (χ0) is 14.0. The lowest BCUT2D eigenvalue weighted by molar-refractivity contribution is 0.487. The standard InChI is InChI=1S/C13H12ClNO3S/c1-9-2-5-11(6-3-9)19(16,17)18-13-8-10(14)4-7-12(13)15/h2-8H,15H2,1H3. The van der Waals surface area contributed by atoms with Gasteiger partial charge in [0.15, 0.2) is 5.75 Å². The van der Waals surface area contributed by atoms with Gasteiger partial charge >= 0.3 is 10.1 Å². The maximum absolute atomic E-state index is 12.1. The van der Waals surface area contributed by atoms with Gasteiger partial charge in [-0.2, -0.15) is 8.42 Å². The van der Waals surface area contributed by atoms with Crippen molar-refractivity contribution in [3.63, 3.8) is 0 Å². The first kappa shape index (κ1) is 13.7. The van der Waals surface area contributed by atoms with Crippen molar-refractivity contribution < 1.29 is 12.6 Å². The van der Waals surface area contributed by atoms with Gasteiger partial charge in [0.2, 0.25) is 0 Å². The van der Waals surface area contributed by atoms with Gasteiger partial charge in [-0.15, -0.1) is 0 Å². The number of anilines is 1. The second-order valence-electron chi connectivity index (χ2n) is 4.03. The van der Waals surface area contributed by atoms with Crippen LogP contribution in [0.2, 0.25) is 5.02 Å². The lowest BCUT2D eigenvalue weighted by Gasteiger charge is -2.09. The number of rotatable bonds is 3. The summed E-state index contributed by atoms with van der Waals surface area (Å²) in [5, 5.41) is 0.350. The fraction of sp³-hybridized carbons (Fsp3) is 0.0769. The minimum Gasteiger partial charge on any atom is -0.396 e. The molecule has 0 saturated carbocycles. The van der Waals surface area contributed by atoms with Crippen molar-refractivity contribution in [2.45, 2.75) is 11.8 Å². The van der Waals surface area contributed by atoms with Crippen LogP contribution in [0.5, 0.6) is 5.75 Å². The second-order valence-corrected chi connectivity index (χ2v) is 6.02. The zero-order valence-electron chi connectivity index (χ0n) is 10.1. The Labute approximate surface area is 116 Å². The molecule has 0 aliphatic rings. The summed E-state index contributed by atoms with van der Waals surface area (Å²) in [7, 11) is -3.91. The summed E-state index contributed by atoms with van der Waals surface area (Å²) in [4.78, 5) is 0.0671. The van der Waals surface area contributed by atoms with Gasteiger partial charge in [-0.3, -0.25) is 0 Å². The fourth-order valence-electron chi connectivity index (χ4n) is 1.45. The fourth-order valence-corrected chi connectivity index (χ4v) is 2.56. The maximum Gasteiger partial charge on any atom is 0.339 e. The Kier molecular flexibility index (Phi) is 3.68. The average molecular weight is 298 g/mol. The third kappa shape index (κ3) is 3.19. The molecule has 0 saturated heterocycles. The molecule has 0 heterocycles. The molecule has 0 aromatic heterocycles. The molecule has 100 valence electrons. The van der Waals surface area contributed by atoms with Gasteiger partial charge < -0.3 is 9.92 Å². The highest BCUT2D eigenvalue weighted by Gasteiger charge is 2.18. The van der Waals surface area contributed by atoms with Crippen LogP contribution in [-0.2, 0) is 10.1 Å². The van der Waals surface area contributed by atoms with Gasteiger partial charge in [0.1, 0.15) is 4.90 Å². The molecule has 0 aliphatic carbocycles. The van der Waals surface area contributed by atoms with E-state index in [-0.39, 0.29) is 16.3 Å². The third-order valence-electron chi connectivity index (χ3n) is 2.48. The van der Waals surface area contributed by atoms with Gasteiger partial charge in [-0.1, -0.05) is 29.3 Å². The number of hydrogen-bond acceptors (Lipinski definition) is 4. The van der Waals surface area contributed by atoms with Crippen LogP contribution in [-0.4, -0.2) is 8.42 Å². The first-order valence-corrected chi connectivity index (χ1v) is 7.23. The Morgan fingerprint density at radius 2 is 1.74 bits per heavy atom. The summed E-state index contributed by atoms with van der Waals surface area (Å²) >= 11 is 5.78. The van der Waals surface area contributed by atoms with Crippen molar-refractivity contribution in [3.8, 4) is 5.75 Å². The normalized spacial score (nSPS) is 11.3. The van der Waals surface area contributed by atoms with E-state index in [0.717, 1.165) is 5.56 Å².